The molecule has 0 radical (unpaired) electrons. The highest BCUT2D eigenvalue weighted by atomic mass is 16.5. The molecule has 5 heteroatoms. The molecule has 0 saturated heterocycles. The van der Waals surface area contributed by atoms with E-state index >= 15 is 0 Å². The summed E-state index contributed by atoms with van der Waals surface area (Å²) in [5, 5.41) is 9.49. The van der Waals surface area contributed by atoms with E-state index in [0.717, 1.165) is 16.7 Å². The third-order valence-electron chi connectivity index (χ3n) is 4.90. The standard InChI is InChI=1S/C24H27NO4/c1-27-22-14-8-6-12-20(22)24(29-17-19(25)16-26,18-10-4-3-5-11-18)21-13-7-9-15-23(21)28-2/h3-15,19,26H,16-17,25H2,1-2H3. The maximum Gasteiger partial charge on any atom is 0.150 e. The van der Waals surface area contributed by atoms with Crippen molar-refractivity contribution in [1.82, 2.24) is 0 Å². The number of para-hydroxylation sites is 2. The minimum absolute atomic E-state index is 0.140. The molecule has 0 amide bonds. The van der Waals surface area contributed by atoms with Gasteiger partial charge in [-0.2, -0.15) is 0 Å². The molecule has 3 aromatic carbocycles. The van der Waals surface area contributed by atoms with E-state index in [-0.39, 0.29) is 13.2 Å². The van der Waals surface area contributed by atoms with Gasteiger partial charge >= 0.3 is 0 Å². The monoisotopic (exact) mass is 393 g/mol. The van der Waals surface area contributed by atoms with Gasteiger partial charge in [0.15, 0.2) is 5.60 Å². The van der Waals surface area contributed by atoms with Gasteiger partial charge in [0.25, 0.3) is 0 Å². The first-order chi connectivity index (χ1) is 14.2. The zero-order valence-corrected chi connectivity index (χ0v) is 16.7. The van der Waals surface area contributed by atoms with E-state index in [0.29, 0.717) is 11.5 Å². The number of aliphatic hydroxyl groups is 1. The van der Waals surface area contributed by atoms with Gasteiger partial charge in [0.2, 0.25) is 0 Å². The van der Waals surface area contributed by atoms with Crippen LogP contribution in [-0.4, -0.2) is 38.6 Å². The maximum atomic E-state index is 9.49. The Morgan fingerprint density at radius 1 is 0.793 bits per heavy atom. The molecule has 0 aromatic heterocycles. The Hall–Kier alpha value is -2.86. The van der Waals surface area contributed by atoms with Crippen molar-refractivity contribution in [2.45, 2.75) is 11.6 Å². The molecule has 3 rings (SSSR count). The molecule has 0 aliphatic rings. The van der Waals surface area contributed by atoms with Gasteiger partial charge in [0, 0.05) is 11.1 Å². The maximum absolute atomic E-state index is 9.49. The number of benzene rings is 3. The molecule has 3 aromatic rings. The summed E-state index contributed by atoms with van der Waals surface area (Å²) in [5.41, 5.74) is 7.52. The SMILES string of the molecule is COc1ccccc1C(OCC(N)CO)(c1ccccc1)c1ccccc1OC. The van der Waals surface area contributed by atoms with E-state index in [9.17, 15) is 5.11 Å². The molecule has 0 heterocycles. The Kier molecular flexibility index (Phi) is 6.88. The van der Waals surface area contributed by atoms with E-state index in [1.165, 1.54) is 0 Å². The number of rotatable bonds is 9. The molecule has 0 fully saturated rings. The lowest BCUT2D eigenvalue weighted by molar-refractivity contribution is -0.00458. The molecule has 0 saturated carbocycles. The Balaban J connectivity index is 2.36. The highest BCUT2D eigenvalue weighted by Crippen LogP contribution is 2.47. The lowest BCUT2D eigenvalue weighted by Gasteiger charge is -2.38. The zero-order chi connectivity index (χ0) is 20.7. The largest absolute Gasteiger partial charge is 0.496 e. The fourth-order valence-corrected chi connectivity index (χ4v) is 3.52. The van der Waals surface area contributed by atoms with Gasteiger partial charge < -0.3 is 25.1 Å². The highest BCUT2D eigenvalue weighted by molar-refractivity contribution is 5.56. The van der Waals surface area contributed by atoms with Gasteiger partial charge in [0.05, 0.1) is 33.5 Å². The van der Waals surface area contributed by atoms with Gasteiger partial charge in [-0.3, -0.25) is 0 Å². The van der Waals surface area contributed by atoms with Gasteiger partial charge in [-0.15, -0.1) is 0 Å². The van der Waals surface area contributed by atoms with Crippen molar-refractivity contribution in [3.05, 3.63) is 95.6 Å². The van der Waals surface area contributed by atoms with Gasteiger partial charge in [-0.05, 0) is 17.7 Å². The molecule has 0 aliphatic heterocycles. The van der Waals surface area contributed by atoms with E-state index in [1.807, 2.05) is 78.9 Å². The van der Waals surface area contributed by atoms with Crippen LogP contribution in [0.5, 0.6) is 11.5 Å². The van der Waals surface area contributed by atoms with Crippen LogP contribution in [0.3, 0.4) is 0 Å². The second kappa shape index (κ2) is 9.56. The summed E-state index contributed by atoms with van der Waals surface area (Å²) in [6.45, 7) is -0.0375. The Morgan fingerprint density at radius 3 is 1.76 bits per heavy atom. The smallest absolute Gasteiger partial charge is 0.150 e. The van der Waals surface area contributed by atoms with Crippen LogP contribution in [0.2, 0.25) is 0 Å². The molecule has 3 N–H and O–H groups in total. The number of hydrogen-bond donors (Lipinski definition) is 2. The second-order valence-electron chi connectivity index (χ2n) is 6.70. The summed E-state index contributed by atoms with van der Waals surface area (Å²) in [6, 6.07) is 24.8. The normalized spacial score (nSPS) is 12.4. The summed E-state index contributed by atoms with van der Waals surface area (Å²) < 4.78 is 18.0. The third-order valence-corrected chi connectivity index (χ3v) is 4.90. The fraction of sp³-hybridized carbons (Fsp3) is 0.250. The van der Waals surface area contributed by atoms with Crippen molar-refractivity contribution in [3.8, 4) is 11.5 Å². The third kappa shape index (κ3) is 4.12. The highest BCUT2D eigenvalue weighted by Gasteiger charge is 2.42. The Bertz CT molecular complexity index is 866. The van der Waals surface area contributed by atoms with Crippen LogP contribution in [0.25, 0.3) is 0 Å². The predicted molar refractivity (Wildman–Crippen MR) is 113 cm³/mol. The summed E-state index contributed by atoms with van der Waals surface area (Å²) in [5.74, 6) is 1.36. The molecule has 0 spiro atoms. The number of aliphatic hydroxyl groups excluding tert-OH is 1. The summed E-state index contributed by atoms with van der Waals surface area (Å²) >= 11 is 0. The van der Waals surface area contributed by atoms with Crippen molar-refractivity contribution in [1.29, 1.82) is 0 Å². The number of nitrogens with two attached hydrogens (primary N) is 1. The first-order valence-electron chi connectivity index (χ1n) is 9.50. The summed E-state index contributed by atoms with van der Waals surface area (Å²) in [4.78, 5) is 0. The molecule has 1 atom stereocenters. The molecule has 1 unspecified atom stereocenters. The van der Waals surface area contributed by atoms with E-state index < -0.39 is 11.6 Å². The van der Waals surface area contributed by atoms with Gasteiger partial charge in [-0.1, -0.05) is 66.7 Å². The van der Waals surface area contributed by atoms with Crippen LogP contribution in [0.4, 0.5) is 0 Å². The molecule has 29 heavy (non-hydrogen) atoms. The first-order valence-corrected chi connectivity index (χ1v) is 9.50. The van der Waals surface area contributed by atoms with Crippen molar-refractivity contribution in [3.63, 3.8) is 0 Å². The van der Waals surface area contributed by atoms with E-state index in [2.05, 4.69) is 0 Å². The average Bonchev–Trinajstić information content (AvgIpc) is 2.80. The quantitative estimate of drug-likeness (QED) is 0.546. The molecule has 152 valence electrons. The van der Waals surface area contributed by atoms with Crippen molar-refractivity contribution in [2.75, 3.05) is 27.4 Å². The Labute approximate surface area is 171 Å². The van der Waals surface area contributed by atoms with Crippen molar-refractivity contribution < 1.29 is 19.3 Å². The van der Waals surface area contributed by atoms with Crippen LogP contribution < -0.4 is 15.2 Å². The lowest BCUT2D eigenvalue weighted by atomic mass is 9.79. The molecule has 0 aliphatic carbocycles. The molecule has 0 bridgehead atoms. The van der Waals surface area contributed by atoms with Crippen LogP contribution >= 0.6 is 0 Å². The Morgan fingerprint density at radius 2 is 1.28 bits per heavy atom. The minimum atomic E-state index is -1.05. The van der Waals surface area contributed by atoms with Crippen LogP contribution in [0.1, 0.15) is 16.7 Å². The number of methoxy groups -OCH3 is 2. The second-order valence-corrected chi connectivity index (χ2v) is 6.70. The van der Waals surface area contributed by atoms with Gasteiger partial charge in [0.1, 0.15) is 11.5 Å². The summed E-state index contributed by atoms with van der Waals surface area (Å²) in [6.07, 6.45) is 0. The molecule has 5 nitrogen and oxygen atoms in total. The average molecular weight is 393 g/mol. The first kappa shape index (κ1) is 20.9. The van der Waals surface area contributed by atoms with Gasteiger partial charge in [-0.25, -0.2) is 0 Å². The number of hydrogen-bond acceptors (Lipinski definition) is 5. The molecular weight excluding hydrogens is 366 g/mol. The number of ether oxygens (including phenoxy) is 3. The summed E-state index contributed by atoms with van der Waals surface area (Å²) in [7, 11) is 3.27. The van der Waals surface area contributed by atoms with Crippen LogP contribution in [0, 0.1) is 0 Å². The fourth-order valence-electron chi connectivity index (χ4n) is 3.52. The van der Waals surface area contributed by atoms with Crippen LogP contribution in [-0.2, 0) is 10.3 Å². The van der Waals surface area contributed by atoms with Crippen LogP contribution in [0.15, 0.2) is 78.9 Å². The lowest BCUT2D eigenvalue weighted by Crippen LogP contribution is -2.39. The van der Waals surface area contributed by atoms with E-state index in [1.54, 1.807) is 14.2 Å². The van der Waals surface area contributed by atoms with Crippen molar-refractivity contribution >= 4 is 0 Å². The van der Waals surface area contributed by atoms with E-state index in [4.69, 9.17) is 19.9 Å². The predicted octanol–water partition coefficient (Wildman–Crippen LogP) is 3.33. The minimum Gasteiger partial charge on any atom is -0.496 e. The molecular formula is C24H27NO4. The topological polar surface area (TPSA) is 73.9 Å². The zero-order valence-electron chi connectivity index (χ0n) is 16.7. The van der Waals surface area contributed by atoms with Crippen molar-refractivity contribution in [2.24, 2.45) is 5.73 Å².